The molecule has 0 unspecified atom stereocenters. The van der Waals surface area contributed by atoms with Crippen molar-refractivity contribution in [3.63, 3.8) is 0 Å². The molecule has 0 aliphatic heterocycles. The van der Waals surface area contributed by atoms with Crippen LogP contribution < -0.4 is 21.5 Å². The van der Waals surface area contributed by atoms with Crippen molar-refractivity contribution >= 4 is 27.1 Å². The number of sulfonamides is 1. The number of hydrogen-bond acceptors (Lipinski definition) is 6. The summed E-state index contributed by atoms with van der Waals surface area (Å²) in [6.07, 6.45) is 6.44. The molecule has 0 saturated heterocycles. The molecule has 1 fully saturated rings. The van der Waals surface area contributed by atoms with Crippen molar-refractivity contribution in [1.29, 1.82) is 0 Å². The zero-order chi connectivity index (χ0) is 20.5. The fourth-order valence-electron chi connectivity index (χ4n) is 3.66. The van der Waals surface area contributed by atoms with Crippen LogP contribution in [0.2, 0.25) is 0 Å². The van der Waals surface area contributed by atoms with Gasteiger partial charge in [-0.2, -0.15) is 0 Å². The Morgan fingerprint density at radius 2 is 1.57 bits per heavy atom. The summed E-state index contributed by atoms with van der Waals surface area (Å²) in [5.41, 5.74) is -0.370. The smallest absolute Gasteiger partial charge is 0.253 e. The van der Waals surface area contributed by atoms with Gasteiger partial charge in [0, 0.05) is 25.3 Å². The first-order chi connectivity index (χ1) is 13.1. The average Bonchev–Trinajstić information content (AvgIpc) is 2.89. The predicted molar refractivity (Wildman–Crippen MR) is 112 cm³/mol. The van der Waals surface area contributed by atoms with Crippen LogP contribution in [-0.2, 0) is 10.0 Å². The second-order valence-corrected chi connectivity index (χ2v) is 10.1. The summed E-state index contributed by atoms with van der Waals surface area (Å²) >= 11 is 0. The molecular formula is C20H27N3O4S. The average molecular weight is 406 g/mol. The summed E-state index contributed by atoms with van der Waals surface area (Å²) in [5.74, 6) is 0. The number of nitrogens with zero attached hydrogens (tertiary/aromatic N) is 1. The first kappa shape index (κ1) is 20.5. The summed E-state index contributed by atoms with van der Waals surface area (Å²) in [7, 11) is -0.669. The van der Waals surface area contributed by atoms with E-state index in [1.807, 2.05) is 0 Å². The molecule has 152 valence electrons. The summed E-state index contributed by atoms with van der Waals surface area (Å²) in [5, 5.41) is 6.25. The molecule has 8 heteroatoms. The van der Waals surface area contributed by atoms with Gasteiger partial charge in [0.2, 0.25) is 10.0 Å². The van der Waals surface area contributed by atoms with Crippen LogP contribution in [0.25, 0.3) is 0 Å². The predicted octanol–water partition coefficient (Wildman–Crippen LogP) is 2.80. The lowest BCUT2D eigenvalue weighted by molar-refractivity contribution is 0.446. The molecule has 1 saturated carbocycles. The Labute approximate surface area is 165 Å². The Kier molecular flexibility index (Phi) is 5.63. The molecule has 3 rings (SSSR count). The quantitative estimate of drug-likeness (QED) is 0.567. The van der Waals surface area contributed by atoms with Crippen LogP contribution in [-0.4, -0.2) is 32.4 Å². The van der Waals surface area contributed by atoms with Gasteiger partial charge in [0.1, 0.15) is 11.4 Å². The van der Waals surface area contributed by atoms with Crippen molar-refractivity contribution in [3.05, 3.63) is 44.7 Å². The Hall–Kier alpha value is -2.19. The number of hydrogen-bond donors (Lipinski definition) is 2. The van der Waals surface area contributed by atoms with E-state index in [0.29, 0.717) is 11.4 Å². The maximum atomic E-state index is 12.3. The summed E-state index contributed by atoms with van der Waals surface area (Å²) < 4.78 is 25.8. The van der Waals surface area contributed by atoms with E-state index in [2.05, 4.69) is 17.6 Å². The molecule has 2 aromatic rings. The molecule has 1 aliphatic carbocycles. The second-order valence-electron chi connectivity index (χ2n) is 7.95. The van der Waals surface area contributed by atoms with Gasteiger partial charge in [-0.25, -0.2) is 12.7 Å². The van der Waals surface area contributed by atoms with Gasteiger partial charge < -0.3 is 10.6 Å². The zero-order valence-corrected chi connectivity index (χ0v) is 17.4. The van der Waals surface area contributed by atoms with Crippen molar-refractivity contribution in [1.82, 2.24) is 4.31 Å². The molecule has 0 heterocycles. The number of rotatable bonds is 6. The van der Waals surface area contributed by atoms with E-state index >= 15 is 0 Å². The van der Waals surface area contributed by atoms with Gasteiger partial charge in [-0.15, -0.1) is 0 Å². The third-order valence-corrected chi connectivity index (χ3v) is 7.24. The Balaban J connectivity index is 1.86. The van der Waals surface area contributed by atoms with Crippen molar-refractivity contribution in [2.24, 2.45) is 0 Å². The van der Waals surface area contributed by atoms with Crippen molar-refractivity contribution in [2.45, 2.75) is 55.9 Å². The van der Waals surface area contributed by atoms with Gasteiger partial charge in [0.05, 0.1) is 4.90 Å². The molecule has 0 atom stereocenters. The van der Waals surface area contributed by atoms with Crippen LogP contribution in [0.15, 0.2) is 38.8 Å². The number of benzene rings is 1. The summed E-state index contributed by atoms with van der Waals surface area (Å²) in [6, 6.07) is 6.23. The molecule has 0 radical (unpaired) electrons. The van der Waals surface area contributed by atoms with E-state index in [1.54, 1.807) is 12.1 Å². The number of nitrogens with one attached hydrogen (secondary N) is 2. The normalized spacial score (nSPS) is 17.4. The van der Waals surface area contributed by atoms with Crippen LogP contribution >= 0.6 is 0 Å². The highest BCUT2D eigenvalue weighted by Crippen LogP contribution is 2.32. The lowest BCUT2D eigenvalue weighted by Crippen LogP contribution is -2.43. The maximum Gasteiger partial charge on any atom is 0.253 e. The first-order valence-corrected chi connectivity index (χ1v) is 11.0. The molecule has 0 bridgehead atoms. The van der Waals surface area contributed by atoms with Crippen LogP contribution in [0.4, 0.5) is 17.1 Å². The van der Waals surface area contributed by atoms with Gasteiger partial charge in [-0.05, 0) is 38.0 Å². The molecule has 2 aromatic carbocycles. The van der Waals surface area contributed by atoms with Gasteiger partial charge >= 0.3 is 0 Å². The fourth-order valence-corrected chi connectivity index (χ4v) is 4.60. The molecular weight excluding hydrogens is 378 g/mol. The van der Waals surface area contributed by atoms with Crippen molar-refractivity contribution < 1.29 is 8.42 Å². The lowest BCUT2D eigenvalue weighted by atomic mass is 9.91. The molecule has 0 aromatic heterocycles. The largest absolute Gasteiger partial charge is 0.375 e. The van der Waals surface area contributed by atoms with E-state index in [0.717, 1.165) is 30.0 Å². The van der Waals surface area contributed by atoms with E-state index in [-0.39, 0.29) is 16.1 Å². The minimum absolute atomic E-state index is 0.117. The Bertz CT molecular complexity index is 1030. The van der Waals surface area contributed by atoms with Crippen molar-refractivity contribution in [2.75, 3.05) is 24.7 Å². The highest BCUT2D eigenvalue weighted by atomic mass is 32.2. The topological polar surface area (TPSA) is 95.6 Å². The van der Waals surface area contributed by atoms with E-state index in [9.17, 15) is 18.0 Å². The van der Waals surface area contributed by atoms with Gasteiger partial charge in [0.25, 0.3) is 10.9 Å². The van der Waals surface area contributed by atoms with E-state index < -0.39 is 20.9 Å². The molecule has 7 nitrogen and oxygen atoms in total. The molecule has 2 N–H and O–H groups in total. The summed E-state index contributed by atoms with van der Waals surface area (Å²) in [4.78, 5) is 24.4. The molecule has 0 amide bonds. The third-order valence-electron chi connectivity index (χ3n) is 5.43. The van der Waals surface area contributed by atoms with Crippen molar-refractivity contribution in [3.8, 4) is 0 Å². The lowest BCUT2D eigenvalue weighted by Gasteiger charge is -2.32. The van der Waals surface area contributed by atoms with Crippen LogP contribution in [0.5, 0.6) is 0 Å². The van der Waals surface area contributed by atoms with Gasteiger partial charge in [-0.1, -0.05) is 31.7 Å². The standard InChI is InChI=1S/C20H27N3O4S/c1-20(11-6-4-5-7-12-20)22-17-16(18(24)19(17)25)21-14-9-8-10-15(13-14)28(26,27)23(2)3/h8-10,13,21-22H,4-7,11-12H2,1-3H3. The monoisotopic (exact) mass is 405 g/mol. The van der Waals surface area contributed by atoms with Gasteiger partial charge in [0.15, 0.2) is 0 Å². The highest BCUT2D eigenvalue weighted by Gasteiger charge is 2.31. The SMILES string of the molecule is CN(C)S(=O)(=O)c1cccc(Nc2c(NC3(C)CCCCCC3)c(=O)c2=O)c1. The van der Waals surface area contributed by atoms with E-state index in [4.69, 9.17) is 0 Å². The molecule has 1 aliphatic rings. The fraction of sp³-hybridized carbons (Fsp3) is 0.500. The van der Waals surface area contributed by atoms with E-state index in [1.165, 1.54) is 39.1 Å². The van der Waals surface area contributed by atoms with Crippen LogP contribution in [0.1, 0.15) is 45.4 Å². The summed E-state index contributed by atoms with van der Waals surface area (Å²) in [6.45, 7) is 2.09. The third kappa shape index (κ3) is 3.98. The van der Waals surface area contributed by atoms with Crippen LogP contribution in [0, 0.1) is 0 Å². The van der Waals surface area contributed by atoms with Gasteiger partial charge in [-0.3, -0.25) is 9.59 Å². The molecule has 0 spiro atoms. The minimum atomic E-state index is -3.59. The second kappa shape index (κ2) is 7.67. The Morgan fingerprint density at radius 3 is 2.18 bits per heavy atom. The first-order valence-electron chi connectivity index (χ1n) is 9.55. The number of anilines is 3. The zero-order valence-electron chi connectivity index (χ0n) is 16.5. The Morgan fingerprint density at radius 1 is 0.964 bits per heavy atom. The van der Waals surface area contributed by atoms with Crippen LogP contribution in [0.3, 0.4) is 0 Å². The maximum absolute atomic E-state index is 12.3. The minimum Gasteiger partial charge on any atom is -0.375 e. The highest BCUT2D eigenvalue weighted by molar-refractivity contribution is 7.89. The molecule has 28 heavy (non-hydrogen) atoms.